The van der Waals surface area contributed by atoms with Crippen molar-refractivity contribution in [1.29, 1.82) is 0 Å². The Labute approximate surface area is 89.3 Å². The van der Waals surface area contributed by atoms with Gasteiger partial charge in [-0.3, -0.25) is 0 Å². The van der Waals surface area contributed by atoms with Crippen LogP contribution >= 0.6 is 23.1 Å². The van der Waals surface area contributed by atoms with Crippen molar-refractivity contribution in [2.75, 3.05) is 6.26 Å². The summed E-state index contributed by atoms with van der Waals surface area (Å²) in [4.78, 5) is 0. The molecule has 0 saturated carbocycles. The Kier molecular flexibility index (Phi) is 5.40. The van der Waals surface area contributed by atoms with E-state index in [1.165, 1.54) is 22.4 Å². The van der Waals surface area contributed by atoms with E-state index in [9.17, 15) is 0 Å². The normalized spacial score (nSPS) is 10.5. The van der Waals surface area contributed by atoms with Gasteiger partial charge in [0.15, 0.2) is 0 Å². The molecule has 0 aromatic carbocycles. The van der Waals surface area contributed by atoms with E-state index in [2.05, 4.69) is 24.6 Å². The van der Waals surface area contributed by atoms with Gasteiger partial charge in [0.25, 0.3) is 0 Å². The SMILES string of the molecule is CCCC[Se]c1ccsc1SC. The van der Waals surface area contributed by atoms with Crippen LogP contribution in [0.15, 0.2) is 15.7 Å². The summed E-state index contributed by atoms with van der Waals surface area (Å²) in [6.07, 6.45) is 4.90. The molecule has 0 aliphatic heterocycles. The van der Waals surface area contributed by atoms with Crippen LogP contribution in [0.5, 0.6) is 0 Å². The summed E-state index contributed by atoms with van der Waals surface area (Å²) in [5.74, 6) is 0. The van der Waals surface area contributed by atoms with Crippen molar-refractivity contribution >= 4 is 42.5 Å². The predicted octanol–water partition coefficient (Wildman–Crippen LogP) is 3.02. The van der Waals surface area contributed by atoms with E-state index in [-0.39, 0.29) is 0 Å². The summed E-state index contributed by atoms with van der Waals surface area (Å²) < 4.78 is 3.15. The molecule has 1 rings (SSSR count). The average molecular weight is 265 g/mol. The Morgan fingerprint density at radius 3 is 3.08 bits per heavy atom. The molecule has 1 aromatic heterocycles. The maximum atomic E-state index is 2.30. The first-order valence-electron chi connectivity index (χ1n) is 4.12. The van der Waals surface area contributed by atoms with E-state index in [1.807, 2.05) is 23.1 Å². The van der Waals surface area contributed by atoms with Crippen molar-refractivity contribution in [3.63, 3.8) is 0 Å². The molecule has 0 nitrogen and oxygen atoms in total. The van der Waals surface area contributed by atoms with E-state index >= 15 is 0 Å². The van der Waals surface area contributed by atoms with E-state index in [1.54, 1.807) is 4.46 Å². The van der Waals surface area contributed by atoms with Crippen molar-refractivity contribution in [2.45, 2.75) is 29.3 Å². The third-order valence-corrected chi connectivity index (χ3v) is 6.61. The molecule has 0 radical (unpaired) electrons. The summed E-state index contributed by atoms with van der Waals surface area (Å²) in [6.45, 7) is 2.26. The summed E-state index contributed by atoms with van der Waals surface area (Å²) in [5.41, 5.74) is 0. The van der Waals surface area contributed by atoms with E-state index in [4.69, 9.17) is 0 Å². The van der Waals surface area contributed by atoms with Crippen LogP contribution in [-0.4, -0.2) is 21.2 Å². The van der Waals surface area contributed by atoms with Gasteiger partial charge in [0, 0.05) is 0 Å². The first-order chi connectivity index (χ1) is 5.88. The molecule has 68 valence electrons. The Morgan fingerprint density at radius 1 is 1.58 bits per heavy atom. The van der Waals surface area contributed by atoms with Gasteiger partial charge in [-0.15, -0.1) is 0 Å². The van der Waals surface area contributed by atoms with Gasteiger partial charge >= 0.3 is 89.5 Å². The fourth-order valence-electron chi connectivity index (χ4n) is 0.866. The quantitative estimate of drug-likeness (QED) is 0.448. The molecular formula is C9H14S2Se. The van der Waals surface area contributed by atoms with Crippen LogP contribution in [0.4, 0.5) is 0 Å². The molecule has 0 unspecified atom stereocenters. The van der Waals surface area contributed by atoms with Crippen molar-refractivity contribution in [2.24, 2.45) is 0 Å². The van der Waals surface area contributed by atoms with Crippen LogP contribution in [0.2, 0.25) is 5.32 Å². The maximum absolute atomic E-state index is 2.30. The first kappa shape index (κ1) is 10.6. The van der Waals surface area contributed by atoms with Crippen molar-refractivity contribution in [3.8, 4) is 0 Å². The van der Waals surface area contributed by atoms with Crippen molar-refractivity contribution in [3.05, 3.63) is 11.4 Å². The van der Waals surface area contributed by atoms with E-state index in [0.717, 1.165) is 15.0 Å². The van der Waals surface area contributed by atoms with Gasteiger partial charge in [0.05, 0.1) is 0 Å². The van der Waals surface area contributed by atoms with Gasteiger partial charge in [0.2, 0.25) is 0 Å². The zero-order valence-corrected chi connectivity index (χ0v) is 10.8. The molecule has 0 aliphatic rings. The van der Waals surface area contributed by atoms with Crippen LogP contribution in [0.3, 0.4) is 0 Å². The summed E-state index contributed by atoms with van der Waals surface area (Å²) in [6, 6.07) is 2.30. The molecule has 0 saturated heterocycles. The second kappa shape index (κ2) is 6.09. The molecule has 12 heavy (non-hydrogen) atoms. The zero-order chi connectivity index (χ0) is 8.81. The third kappa shape index (κ3) is 3.14. The Bertz CT molecular complexity index is 220. The number of thioether (sulfide) groups is 1. The summed E-state index contributed by atoms with van der Waals surface area (Å²) >= 11 is 4.51. The number of thiophene rings is 1. The summed E-state index contributed by atoms with van der Waals surface area (Å²) in [7, 11) is 0. The number of hydrogen-bond acceptors (Lipinski definition) is 2. The molecular weight excluding hydrogens is 251 g/mol. The van der Waals surface area contributed by atoms with Gasteiger partial charge < -0.3 is 0 Å². The predicted molar refractivity (Wildman–Crippen MR) is 61.2 cm³/mol. The van der Waals surface area contributed by atoms with Crippen LogP contribution in [0.1, 0.15) is 19.8 Å². The Morgan fingerprint density at radius 2 is 2.42 bits per heavy atom. The van der Waals surface area contributed by atoms with Crippen molar-refractivity contribution < 1.29 is 0 Å². The van der Waals surface area contributed by atoms with Crippen LogP contribution in [0.25, 0.3) is 0 Å². The van der Waals surface area contributed by atoms with Gasteiger partial charge in [-0.1, -0.05) is 0 Å². The molecule has 0 atom stereocenters. The fourth-order valence-corrected chi connectivity index (χ4v) is 5.79. The van der Waals surface area contributed by atoms with Crippen LogP contribution < -0.4 is 4.46 Å². The Hall–Kier alpha value is 0.569. The third-order valence-electron chi connectivity index (χ3n) is 1.54. The number of unbranched alkanes of at least 4 members (excludes halogenated alkanes) is 1. The number of hydrogen-bond donors (Lipinski definition) is 0. The second-order valence-corrected chi connectivity index (χ2v) is 6.85. The standard InChI is InChI=1S/C9H14S2Se/c1-3-4-7-12-8-5-6-11-9(8)10-2/h5-6H,3-4,7H2,1-2H3. The minimum atomic E-state index is 0.731. The fraction of sp³-hybridized carbons (Fsp3) is 0.556. The van der Waals surface area contributed by atoms with Gasteiger partial charge in [-0.25, -0.2) is 0 Å². The molecule has 0 bridgehead atoms. The molecule has 0 aliphatic carbocycles. The molecule has 0 amide bonds. The molecule has 0 N–H and O–H groups in total. The molecule has 3 heteroatoms. The Balaban J connectivity index is 2.39. The zero-order valence-electron chi connectivity index (χ0n) is 7.50. The molecule has 1 aromatic rings. The molecule has 0 fully saturated rings. The topological polar surface area (TPSA) is 0 Å². The first-order valence-corrected chi connectivity index (χ1v) is 8.30. The van der Waals surface area contributed by atoms with Gasteiger partial charge in [-0.2, -0.15) is 0 Å². The second-order valence-electron chi connectivity index (χ2n) is 2.48. The average Bonchev–Trinajstić information content (AvgIpc) is 2.52. The van der Waals surface area contributed by atoms with Crippen molar-refractivity contribution in [1.82, 2.24) is 0 Å². The molecule has 1 heterocycles. The van der Waals surface area contributed by atoms with Gasteiger partial charge in [-0.05, 0) is 0 Å². The summed E-state index contributed by atoms with van der Waals surface area (Å²) in [5, 5.41) is 3.63. The number of rotatable bonds is 5. The van der Waals surface area contributed by atoms with Crippen LogP contribution in [-0.2, 0) is 0 Å². The van der Waals surface area contributed by atoms with Crippen LogP contribution in [0, 0.1) is 0 Å². The van der Waals surface area contributed by atoms with Gasteiger partial charge in [0.1, 0.15) is 0 Å². The molecule has 0 spiro atoms. The monoisotopic (exact) mass is 266 g/mol. The minimum absolute atomic E-state index is 0.731. The van der Waals surface area contributed by atoms with E-state index in [0.29, 0.717) is 0 Å². The van der Waals surface area contributed by atoms with E-state index < -0.39 is 0 Å².